The zero-order valence-corrected chi connectivity index (χ0v) is 12.1. The van der Waals surface area contributed by atoms with Crippen LogP contribution in [0.3, 0.4) is 0 Å². The van der Waals surface area contributed by atoms with Crippen molar-refractivity contribution < 1.29 is 30.8 Å². The fraction of sp³-hybridized carbons (Fsp3) is 0.417. The van der Waals surface area contributed by atoms with E-state index in [4.69, 9.17) is 0 Å². The summed E-state index contributed by atoms with van der Waals surface area (Å²) in [5.41, 5.74) is -1.70. The highest BCUT2D eigenvalue weighted by atomic mass is 32.2. The lowest BCUT2D eigenvalue weighted by atomic mass is 10.2. The van der Waals surface area contributed by atoms with Crippen LogP contribution in [0.1, 0.15) is 12.0 Å². The maximum Gasteiger partial charge on any atom is 0.419 e. The third kappa shape index (κ3) is 3.07. The van der Waals surface area contributed by atoms with E-state index in [0.29, 0.717) is 12.1 Å². The van der Waals surface area contributed by atoms with Gasteiger partial charge in [-0.15, -0.1) is 0 Å². The van der Waals surface area contributed by atoms with E-state index in [2.05, 4.69) is 5.32 Å². The molecule has 1 fully saturated rings. The van der Waals surface area contributed by atoms with Crippen molar-refractivity contribution in [1.29, 1.82) is 0 Å². The summed E-state index contributed by atoms with van der Waals surface area (Å²) in [6, 6.07) is 1.86. The Balaban J connectivity index is 2.18. The molecule has 1 amide bonds. The molecule has 10 heteroatoms. The highest BCUT2D eigenvalue weighted by molar-refractivity contribution is 7.90. The number of sulfonamides is 1. The number of hydrogen-bond acceptors (Lipinski definition) is 3. The second-order valence-electron chi connectivity index (χ2n) is 4.83. The molecule has 1 heterocycles. The highest BCUT2D eigenvalue weighted by Gasteiger charge is 2.41. The fourth-order valence-corrected chi connectivity index (χ4v) is 3.63. The van der Waals surface area contributed by atoms with Crippen LogP contribution in [0.15, 0.2) is 18.2 Å². The summed E-state index contributed by atoms with van der Waals surface area (Å²) in [5, 5.41) is 0.797. The van der Waals surface area contributed by atoms with Crippen molar-refractivity contribution in [2.45, 2.75) is 17.8 Å². The Kier molecular flexibility index (Phi) is 4.18. The van der Waals surface area contributed by atoms with Crippen LogP contribution in [0, 0.1) is 5.82 Å². The topological polar surface area (TPSA) is 66.5 Å². The Morgan fingerprint density at radius 3 is 2.45 bits per heavy atom. The molecule has 0 saturated carbocycles. The third-order valence-electron chi connectivity index (χ3n) is 3.33. The van der Waals surface area contributed by atoms with Crippen molar-refractivity contribution in [2.24, 2.45) is 0 Å². The van der Waals surface area contributed by atoms with Crippen molar-refractivity contribution in [2.75, 3.05) is 18.9 Å². The van der Waals surface area contributed by atoms with Crippen molar-refractivity contribution in [3.8, 4) is 0 Å². The molecular weight excluding hydrogens is 328 g/mol. The molecule has 0 aromatic heterocycles. The molecule has 1 saturated heterocycles. The smallest absolute Gasteiger partial charge is 0.325 e. The second kappa shape index (κ2) is 5.51. The van der Waals surface area contributed by atoms with E-state index in [1.54, 1.807) is 0 Å². The fourth-order valence-electron chi connectivity index (χ4n) is 2.10. The van der Waals surface area contributed by atoms with Gasteiger partial charge in [-0.1, -0.05) is 0 Å². The van der Waals surface area contributed by atoms with Crippen LogP contribution < -0.4 is 5.32 Å². The zero-order chi connectivity index (χ0) is 16.7. The van der Waals surface area contributed by atoms with Gasteiger partial charge in [0.2, 0.25) is 15.9 Å². The van der Waals surface area contributed by atoms with Gasteiger partial charge in [0.05, 0.1) is 5.56 Å². The van der Waals surface area contributed by atoms with Crippen LogP contribution in [0.25, 0.3) is 0 Å². The van der Waals surface area contributed by atoms with Gasteiger partial charge in [0.25, 0.3) is 0 Å². The van der Waals surface area contributed by atoms with E-state index in [1.165, 1.54) is 7.05 Å². The van der Waals surface area contributed by atoms with Crippen LogP contribution in [-0.2, 0) is 21.0 Å². The van der Waals surface area contributed by atoms with Crippen molar-refractivity contribution in [1.82, 2.24) is 4.31 Å². The van der Waals surface area contributed by atoms with Crippen LogP contribution in [-0.4, -0.2) is 37.5 Å². The number of nitrogens with one attached hydrogen (secondary N) is 1. The molecule has 1 aliphatic rings. The Morgan fingerprint density at radius 2 is 2.00 bits per heavy atom. The minimum Gasteiger partial charge on any atom is -0.325 e. The zero-order valence-electron chi connectivity index (χ0n) is 11.3. The van der Waals surface area contributed by atoms with Crippen molar-refractivity contribution in [3.63, 3.8) is 0 Å². The van der Waals surface area contributed by atoms with E-state index in [1.807, 2.05) is 0 Å². The quantitative estimate of drug-likeness (QED) is 0.835. The largest absolute Gasteiger partial charge is 0.419 e. The van der Waals surface area contributed by atoms with Gasteiger partial charge in [0.15, 0.2) is 5.25 Å². The molecule has 1 aliphatic heterocycles. The molecule has 1 atom stereocenters. The maximum atomic E-state index is 13.4. The summed E-state index contributed by atoms with van der Waals surface area (Å²) in [5.74, 6) is -2.44. The Labute approximate surface area is 124 Å². The van der Waals surface area contributed by atoms with Crippen LogP contribution in [0.5, 0.6) is 0 Å². The summed E-state index contributed by atoms with van der Waals surface area (Å²) >= 11 is 0. The van der Waals surface area contributed by atoms with E-state index in [0.717, 1.165) is 10.4 Å². The summed E-state index contributed by atoms with van der Waals surface area (Å²) < 4.78 is 75.3. The minimum absolute atomic E-state index is 0.0633. The molecule has 0 bridgehead atoms. The number of carbonyl (C=O) groups excluding carboxylic acids is 1. The van der Waals surface area contributed by atoms with E-state index in [9.17, 15) is 30.8 Å². The van der Waals surface area contributed by atoms with Gasteiger partial charge < -0.3 is 5.32 Å². The number of anilines is 1. The first-order valence-corrected chi connectivity index (χ1v) is 7.66. The number of nitrogens with zero attached hydrogens (tertiary/aromatic N) is 1. The van der Waals surface area contributed by atoms with Gasteiger partial charge in [-0.3, -0.25) is 4.79 Å². The third-order valence-corrected chi connectivity index (χ3v) is 5.55. The van der Waals surface area contributed by atoms with Crippen LogP contribution in [0.2, 0.25) is 0 Å². The second-order valence-corrected chi connectivity index (χ2v) is 7.05. The molecule has 5 nitrogen and oxygen atoms in total. The first-order chi connectivity index (χ1) is 10.0. The molecule has 1 unspecified atom stereocenters. The molecule has 122 valence electrons. The number of halogens is 4. The van der Waals surface area contributed by atoms with Gasteiger partial charge in [0.1, 0.15) is 5.82 Å². The molecule has 1 N–H and O–H groups in total. The first kappa shape index (κ1) is 16.7. The van der Waals surface area contributed by atoms with Gasteiger partial charge >= 0.3 is 6.18 Å². The molecule has 0 radical (unpaired) electrons. The molecule has 0 spiro atoms. The predicted octanol–water partition coefficient (Wildman–Crippen LogP) is 1.82. The average Bonchev–Trinajstić information content (AvgIpc) is 2.62. The van der Waals surface area contributed by atoms with Gasteiger partial charge in [-0.05, 0) is 24.6 Å². The first-order valence-electron chi connectivity index (χ1n) is 6.16. The van der Waals surface area contributed by atoms with Gasteiger partial charge in [-0.25, -0.2) is 17.1 Å². The number of alkyl halides is 3. The molecule has 2 rings (SSSR count). The highest BCUT2D eigenvalue weighted by Crippen LogP contribution is 2.32. The summed E-state index contributed by atoms with van der Waals surface area (Å²) in [4.78, 5) is 11.9. The Hall–Kier alpha value is -1.68. The lowest BCUT2D eigenvalue weighted by molar-refractivity contribution is -0.139. The lowest BCUT2D eigenvalue weighted by Gasteiger charge is -2.13. The molecule has 0 aliphatic carbocycles. The lowest BCUT2D eigenvalue weighted by Crippen LogP contribution is -2.35. The van der Waals surface area contributed by atoms with Gasteiger partial charge in [0, 0.05) is 19.3 Å². The van der Waals surface area contributed by atoms with E-state index >= 15 is 0 Å². The monoisotopic (exact) mass is 340 g/mol. The van der Waals surface area contributed by atoms with Crippen LogP contribution in [0.4, 0.5) is 23.2 Å². The molecule has 22 heavy (non-hydrogen) atoms. The van der Waals surface area contributed by atoms with E-state index in [-0.39, 0.29) is 18.7 Å². The number of rotatable bonds is 2. The normalized spacial score (nSPS) is 21.8. The van der Waals surface area contributed by atoms with Crippen molar-refractivity contribution in [3.05, 3.63) is 29.6 Å². The molecule has 1 aromatic carbocycles. The van der Waals surface area contributed by atoms with Crippen molar-refractivity contribution >= 4 is 21.6 Å². The summed E-state index contributed by atoms with van der Waals surface area (Å²) in [7, 11) is -2.46. The Bertz CT molecular complexity index is 703. The SMILES string of the molecule is CN1CCC(C(=O)Nc2ccc(C(F)(F)F)c(F)c2)S1(=O)=O. The number of benzene rings is 1. The van der Waals surface area contributed by atoms with Crippen LogP contribution >= 0.6 is 0 Å². The average molecular weight is 340 g/mol. The number of hydrogen-bond donors (Lipinski definition) is 1. The molecular formula is C12H12F4N2O3S. The summed E-state index contributed by atoms with van der Waals surface area (Å²) in [6.07, 6.45) is -4.78. The maximum absolute atomic E-state index is 13.4. The molecule has 1 aromatic rings. The number of carbonyl (C=O) groups is 1. The van der Waals surface area contributed by atoms with E-state index < -0.39 is 38.7 Å². The Morgan fingerprint density at radius 1 is 1.36 bits per heavy atom. The minimum atomic E-state index is -4.84. The summed E-state index contributed by atoms with van der Waals surface area (Å²) in [6.45, 7) is 0.168. The van der Waals surface area contributed by atoms with Gasteiger partial charge in [-0.2, -0.15) is 13.2 Å². The predicted molar refractivity (Wildman–Crippen MR) is 70.0 cm³/mol. The number of amides is 1. The standard InChI is InChI=1S/C12H12F4N2O3S/c1-18-5-4-10(22(18,20)21)11(19)17-7-2-3-8(9(13)6-7)12(14,15)16/h2-3,6,10H,4-5H2,1H3,(H,17,19).